The Morgan fingerprint density at radius 1 is 1.19 bits per heavy atom. The molecule has 0 unspecified atom stereocenters. The Labute approximate surface area is 157 Å². The standard InChI is InChI=1S/C18H23ClFN5O/c1-24-7-5-6-12(24)11-26-18-22-15-13(10-21-16(19)14(15)20)17(23-18)25-8-3-2-4-9-25/h10,12H,2-9,11H2,1H3/t12-/m0/s1. The number of hydrogen-bond donors (Lipinski definition) is 0. The Hall–Kier alpha value is -1.73. The van der Waals surface area contributed by atoms with E-state index in [0.717, 1.165) is 45.3 Å². The highest BCUT2D eigenvalue weighted by Gasteiger charge is 2.24. The molecule has 2 fully saturated rings. The van der Waals surface area contributed by atoms with Crippen molar-refractivity contribution in [3.05, 3.63) is 17.2 Å². The third-order valence-corrected chi connectivity index (χ3v) is 5.60. The molecule has 140 valence electrons. The normalized spacial score (nSPS) is 21.5. The van der Waals surface area contributed by atoms with Gasteiger partial charge in [-0.3, -0.25) is 0 Å². The molecule has 4 heterocycles. The second-order valence-corrected chi connectivity index (χ2v) is 7.45. The number of aromatic nitrogens is 3. The summed E-state index contributed by atoms with van der Waals surface area (Å²) in [5, 5.41) is 0.404. The van der Waals surface area contributed by atoms with Gasteiger partial charge in [-0.1, -0.05) is 11.6 Å². The molecule has 2 saturated heterocycles. The van der Waals surface area contributed by atoms with E-state index in [2.05, 4.69) is 31.8 Å². The molecule has 1 atom stereocenters. The maximum absolute atomic E-state index is 14.6. The summed E-state index contributed by atoms with van der Waals surface area (Å²) in [6.07, 6.45) is 7.20. The first kappa shape index (κ1) is 17.7. The average Bonchev–Trinajstić information content (AvgIpc) is 3.08. The largest absolute Gasteiger partial charge is 0.462 e. The fourth-order valence-electron chi connectivity index (χ4n) is 3.77. The van der Waals surface area contributed by atoms with Crippen LogP contribution in [0, 0.1) is 5.82 Å². The van der Waals surface area contributed by atoms with Crippen molar-refractivity contribution in [1.82, 2.24) is 19.9 Å². The van der Waals surface area contributed by atoms with Gasteiger partial charge in [0.15, 0.2) is 11.0 Å². The summed E-state index contributed by atoms with van der Waals surface area (Å²) in [5.74, 6) is 0.0696. The molecule has 2 aliphatic rings. The lowest BCUT2D eigenvalue weighted by molar-refractivity contribution is 0.188. The first-order chi connectivity index (χ1) is 12.6. The molecule has 0 aliphatic carbocycles. The minimum absolute atomic E-state index is 0.176. The molecular weight excluding hydrogens is 357 g/mol. The zero-order valence-electron chi connectivity index (χ0n) is 14.9. The van der Waals surface area contributed by atoms with Crippen molar-refractivity contribution in [2.75, 3.05) is 38.2 Å². The molecule has 4 rings (SSSR count). The number of rotatable bonds is 4. The summed E-state index contributed by atoms with van der Waals surface area (Å²) in [7, 11) is 2.09. The SMILES string of the molecule is CN1CCC[C@H]1COc1nc(N2CCCCC2)c2cnc(Cl)c(F)c2n1. The predicted molar refractivity (Wildman–Crippen MR) is 99.5 cm³/mol. The summed E-state index contributed by atoms with van der Waals surface area (Å²) in [6.45, 7) is 3.35. The van der Waals surface area contributed by atoms with E-state index in [-0.39, 0.29) is 16.7 Å². The van der Waals surface area contributed by atoms with Crippen LogP contribution in [0.4, 0.5) is 10.2 Å². The van der Waals surface area contributed by atoms with Crippen LogP contribution in [0.25, 0.3) is 10.9 Å². The van der Waals surface area contributed by atoms with E-state index < -0.39 is 5.82 Å². The summed E-state index contributed by atoms with van der Waals surface area (Å²) >= 11 is 5.87. The Bertz CT molecular complexity index is 799. The van der Waals surface area contributed by atoms with Crippen molar-refractivity contribution in [3.63, 3.8) is 0 Å². The molecule has 0 aromatic carbocycles. The van der Waals surface area contributed by atoms with Crippen molar-refractivity contribution in [3.8, 4) is 6.01 Å². The van der Waals surface area contributed by atoms with Gasteiger partial charge >= 0.3 is 6.01 Å². The van der Waals surface area contributed by atoms with Crippen molar-refractivity contribution in [2.24, 2.45) is 0 Å². The number of nitrogens with zero attached hydrogens (tertiary/aromatic N) is 5. The third-order valence-electron chi connectivity index (χ3n) is 5.33. The lowest BCUT2D eigenvalue weighted by Gasteiger charge is -2.28. The van der Waals surface area contributed by atoms with E-state index in [0.29, 0.717) is 23.9 Å². The monoisotopic (exact) mass is 379 g/mol. The van der Waals surface area contributed by atoms with Gasteiger partial charge in [-0.25, -0.2) is 9.37 Å². The maximum Gasteiger partial charge on any atom is 0.319 e. The summed E-state index contributed by atoms with van der Waals surface area (Å²) in [4.78, 5) is 17.3. The molecule has 2 aliphatic heterocycles. The average molecular weight is 380 g/mol. The number of fused-ring (bicyclic) bond motifs is 1. The van der Waals surface area contributed by atoms with Crippen LogP contribution in [-0.4, -0.2) is 59.2 Å². The molecule has 6 nitrogen and oxygen atoms in total. The zero-order chi connectivity index (χ0) is 18.1. The second-order valence-electron chi connectivity index (χ2n) is 7.09. The highest BCUT2D eigenvalue weighted by Crippen LogP contribution is 2.31. The quantitative estimate of drug-likeness (QED) is 0.760. The van der Waals surface area contributed by atoms with Gasteiger partial charge < -0.3 is 14.5 Å². The predicted octanol–water partition coefficient (Wildman–Crippen LogP) is 3.28. The fraction of sp³-hybridized carbons (Fsp3) is 0.611. The van der Waals surface area contributed by atoms with Crippen molar-refractivity contribution in [1.29, 1.82) is 0 Å². The van der Waals surface area contributed by atoms with Crippen molar-refractivity contribution >= 4 is 28.3 Å². The Morgan fingerprint density at radius 3 is 2.73 bits per heavy atom. The molecule has 8 heteroatoms. The highest BCUT2D eigenvalue weighted by atomic mass is 35.5. The van der Waals surface area contributed by atoms with Gasteiger partial charge in [-0.2, -0.15) is 9.97 Å². The molecular formula is C18H23ClFN5O. The minimum atomic E-state index is -0.618. The van der Waals surface area contributed by atoms with Gasteiger partial charge in [0.1, 0.15) is 17.9 Å². The van der Waals surface area contributed by atoms with Gasteiger partial charge in [-0.15, -0.1) is 0 Å². The van der Waals surface area contributed by atoms with E-state index in [9.17, 15) is 4.39 Å². The molecule has 26 heavy (non-hydrogen) atoms. The maximum atomic E-state index is 14.6. The van der Waals surface area contributed by atoms with E-state index >= 15 is 0 Å². The van der Waals surface area contributed by atoms with Crippen molar-refractivity contribution in [2.45, 2.75) is 38.1 Å². The molecule has 0 radical (unpaired) electrons. The van der Waals surface area contributed by atoms with Gasteiger partial charge in [0.05, 0.1) is 5.39 Å². The fourth-order valence-corrected chi connectivity index (χ4v) is 3.91. The van der Waals surface area contributed by atoms with Gasteiger partial charge in [0.2, 0.25) is 0 Å². The summed E-state index contributed by atoms with van der Waals surface area (Å²) < 4.78 is 20.4. The first-order valence-corrected chi connectivity index (χ1v) is 9.61. The van der Waals surface area contributed by atoms with Crippen molar-refractivity contribution < 1.29 is 9.13 Å². The van der Waals surface area contributed by atoms with Crippen LogP contribution in [0.5, 0.6) is 6.01 Å². The lowest BCUT2D eigenvalue weighted by atomic mass is 10.1. The van der Waals surface area contributed by atoms with E-state index in [1.807, 2.05) is 0 Å². The first-order valence-electron chi connectivity index (χ1n) is 9.23. The third kappa shape index (κ3) is 3.42. The molecule has 0 bridgehead atoms. The molecule has 2 aromatic heterocycles. The van der Waals surface area contributed by atoms with Gasteiger partial charge in [0.25, 0.3) is 0 Å². The summed E-state index contributed by atoms with van der Waals surface area (Å²) in [5.41, 5.74) is 0.176. The smallest absolute Gasteiger partial charge is 0.319 e. The number of likely N-dealkylation sites (N-methyl/N-ethyl adjacent to an activating group) is 1. The molecule has 0 saturated carbocycles. The topological polar surface area (TPSA) is 54.4 Å². The van der Waals surface area contributed by atoms with Gasteiger partial charge in [-0.05, 0) is 45.7 Å². The number of hydrogen-bond acceptors (Lipinski definition) is 6. The zero-order valence-corrected chi connectivity index (χ0v) is 15.7. The number of ether oxygens (including phenoxy) is 1. The highest BCUT2D eigenvalue weighted by molar-refractivity contribution is 6.30. The van der Waals surface area contributed by atoms with Crippen LogP contribution in [0.15, 0.2) is 6.20 Å². The molecule has 0 spiro atoms. The van der Waals surface area contributed by atoms with Crippen LogP contribution in [0.3, 0.4) is 0 Å². The number of halogens is 2. The molecule has 0 amide bonds. The van der Waals surface area contributed by atoms with Crippen LogP contribution in [0.1, 0.15) is 32.1 Å². The van der Waals surface area contributed by atoms with Crippen LogP contribution in [-0.2, 0) is 0 Å². The number of pyridine rings is 1. The van der Waals surface area contributed by atoms with Gasteiger partial charge in [0, 0.05) is 25.3 Å². The Kier molecular flexibility index (Phi) is 5.09. The second kappa shape index (κ2) is 7.48. The Balaban J connectivity index is 1.69. The molecule has 0 N–H and O–H groups in total. The van der Waals surface area contributed by atoms with E-state index in [1.165, 1.54) is 6.42 Å². The Morgan fingerprint density at radius 2 is 2.00 bits per heavy atom. The van der Waals surface area contributed by atoms with Crippen LogP contribution >= 0.6 is 11.6 Å². The summed E-state index contributed by atoms with van der Waals surface area (Å²) in [6, 6.07) is 0.554. The minimum Gasteiger partial charge on any atom is -0.462 e. The number of anilines is 1. The number of likely N-dealkylation sites (tertiary alicyclic amines) is 1. The van der Waals surface area contributed by atoms with E-state index in [4.69, 9.17) is 16.3 Å². The van der Waals surface area contributed by atoms with E-state index in [1.54, 1.807) is 6.20 Å². The molecule has 2 aromatic rings. The van der Waals surface area contributed by atoms with Crippen LogP contribution in [0.2, 0.25) is 5.15 Å². The lowest BCUT2D eigenvalue weighted by Crippen LogP contribution is -2.32. The number of piperidine rings is 1. The van der Waals surface area contributed by atoms with Crippen LogP contribution < -0.4 is 9.64 Å².